The summed E-state index contributed by atoms with van der Waals surface area (Å²) in [5.41, 5.74) is 6.79. The number of benzene rings is 1. The molecule has 1 aromatic carbocycles. The van der Waals surface area contributed by atoms with Crippen LogP contribution in [0.1, 0.15) is 45.4 Å². The van der Waals surface area contributed by atoms with Crippen molar-refractivity contribution in [3.8, 4) is 0 Å². The molecule has 164 valence electrons. The van der Waals surface area contributed by atoms with Crippen LogP contribution >= 0.6 is 24.8 Å². The van der Waals surface area contributed by atoms with Crippen molar-refractivity contribution in [3.05, 3.63) is 30.3 Å². The monoisotopic (exact) mass is 444 g/mol. The molecule has 29 heavy (non-hydrogen) atoms. The van der Waals surface area contributed by atoms with E-state index < -0.39 is 5.54 Å². The molecule has 8 heteroatoms. The van der Waals surface area contributed by atoms with Crippen LogP contribution in [0.15, 0.2) is 30.3 Å². The largest absolute Gasteiger partial charge is 0.353 e. The normalized spacial score (nSPS) is 25.2. The Morgan fingerprint density at radius 2 is 1.76 bits per heavy atom. The van der Waals surface area contributed by atoms with Crippen molar-refractivity contribution in [1.29, 1.82) is 0 Å². The van der Waals surface area contributed by atoms with Crippen molar-refractivity contribution in [2.24, 2.45) is 11.7 Å². The number of hydrogen-bond donors (Lipinski definition) is 3. The van der Waals surface area contributed by atoms with Gasteiger partial charge < -0.3 is 16.4 Å². The number of piperidine rings is 1. The molecular weight excluding hydrogens is 411 g/mol. The molecule has 1 aliphatic carbocycles. The van der Waals surface area contributed by atoms with E-state index in [1.54, 1.807) is 0 Å². The van der Waals surface area contributed by atoms with E-state index in [-0.39, 0.29) is 48.6 Å². The van der Waals surface area contributed by atoms with Crippen LogP contribution in [-0.2, 0) is 9.59 Å². The lowest BCUT2D eigenvalue weighted by atomic mass is 9.74. The van der Waals surface area contributed by atoms with Gasteiger partial charge in [-0.15, -0.1) is 24.8 Å². The number of nitrogens with one attached hydrogen (secondary N) is 2. The third kappa shape index (κ3) is 7.45. The molecule has 0 radical (unpaired) electrons. The number of carbonyl (C=O) groups is 2. The number of carbonyl (C=O) groups excluding carboxylic acids is 2. The van der Waals surface area contributed by atoms with Gasteiger partial charge >= 0.3 is 0 Å². The molecule has 4 N–H and O–H groups in total. The minimum absolute atomic E-state index is 0. The van der Waals surface area contributed by atoms with Crippen molar-refractivity contribution >= 4 is 42.3 Å². The summed E-state index contributed by atoms with van der Waals surface area (Å²) in [6.45, 7) is 4.03. The van der Waals surface area contributed by atoms with Gasteiger partial charge in [-0.25, -0.2) is 0 Å². The number of likely N-dealkylation sites (tertiary alicyclic amines) is 1. The molecule has 2 fully saturated rings. The number of nitrogens with zero attached hydrogens (tertiary/aromatic N) is 1. The van der Waals surface area contributed by atoms with Gasteiger partial charge in [-0.1, -0.05) is 31.0 Å². The first-order chi connectivity index (χ1) is 12.9. The van der Waals surface area contributed by atoms with Gasteiger partial charge in [-0.3, -0.25) is 14.5 Å². The fourth-order valence-electron chi connectivity index (χ4n) is 4.25. The second-order valence-corrected chi connectivity index (χ2v) is 8.28. The number of rotatable bonds is 5. The highest BCUT2D eigenvalue weighted by molar-refractivity contribution is 5.92. The topological polar surface area (TPSA) is 87.5 Å². The summed E-state index contributed by atoms with van der Waals surface area (Å²) in [6, 6.07) is 9.69. The Kier molecular flexibility index (Phi) is 10.4. The highest BCUT2D eigenvalue weighted by Crippen LogP contribution is 2.32. The van der Waals surface area contributed by atoms with Gasteiger partial charge in [0.2, 0.25) is 11.8 Å². The van der Waals surface area contributed by atoms with Crippen molar-refractivity contribution in [2.45, 2.75) is 57.0 Å². The fraction of sp³-hybridized carbons (Fsp3) is 0.619. The van der Waals surface area contributed by atoms with Crippen LogP contribution in [0.4, 0.5) is 5.69 Å². The van der Waals surface area contributed by atoms with Crippen LogP contribution in [0.2, 0.25) is 0 Å². The predicted octanol–water partition coefficient (Wildman–Crippen LogP) is 2.96. The Morgan fingerprint density at radius 1 is 1.10 bits per heavy atom. The van der Waals surface area contributed by atoms with Gasteiger partial charge in [0.1, 0.15) is 0 Å². The molecule has 1 saturated carbocycles. The molecule has 3 rings (SSSR count). The van der Waals surface area contributed by atoms with Crippen LogP contribution in [-0.4, -0.2) is 47.9 Å². The van der Waals surface area contributed by atoms with E-state index in [1.165, 1.54) is 0 Å². The molecule has 2 atom stereocenters. The van der Waals surface area contributed by atoms with E-state index in [1.807, 2.05) is 37.3 Å². The zero-order chi connectivity index (χ0) is 19.3. The second-order valence-electron chi connectivity index (χ2n) is 8.28. The van der Waals surface area contributed by atoms with Crippen LogP contribution in [0.25, 0.3) is 0 Å². The minimum atomic E-state index is -0.390. The molecule has 1 heterocycles. The molecule has 1 aliphatic heterocycles. The smallest absolute Gasteiger partial charge is 0.238 e. The van der Waals surface area contributed by atoms with Gasteiger partial charge in [-0.2, -0.15) is 0 Å². The quantitative estimate of drug-likeness (QED) is 0.651. The molecular formula is C21H34Cl2N4O2. The lowest BCUT2D eigenvalue weighted by Gasteiger charge is -2.39. The Balaban J connectivity index is 0.00000210. The summed E-state index contributed by atoms with van der Waals surface area (Å²) in [6.07, 6.45) is 5.74. The lowest BCUT2D eigenvalue weighted by molar-refractivity contribution is -0.129. The molecule has 2 unspecified atom stereocenters. The first-order valence-corrected chi connectivity index (χ1v) is 10.1. The van der Waals surface area contributed by atoms with Crippen molar-refractivity contribution in [3.63, 3.8) is 0 Å². The molecule has 2 aliphatic rings. The highest BCUT2D eigenvalue weighted by atomic mass is 35.5. The summed E-state index contributed by atoms with van der Waals surface area (Å²) in [7, 11) is 0. The molecule has 2 amide bonds. The molecule has 1 saturated heterocycles. The van der Waals surface area contributed by atoms with Crippen LogP contribution in [0.5, 0.6) is 0 Å². The zero-order valence-electron chi connectivity index (χ0n) is 17.1. The SMILES string of the molecule is CC1(N)CCCCC1C(=O)NC1CCN(CC(=O)Nc2ccccc2)CC1.Cl.Cl. The summed E-state index contributed by atoms with van der Waals surface area (Å²) in [4.78, 5) is 27.0. The maximum Gasteiger partial charge on any atom is 0.238 e. The molecule has 0 aromatic heterocycles. The molecule has 1 aromatic rings. The van der Waals surface area contributed by atoms with Crippen molar-refractivity contribution in [2.75, 3.05) is 25.0 Å². The van der Waals surface area contributed by atoms with E-state index in [0.29, 0.717) is 6.54 Å². The van der Waals surface area contributed by atoms with E-state index in [2.05, 4.69) is 15.5 Å². The average molecular weight is 445 g/mol. The standard InChI is InChI=1S/C21H32N4O2.2ClH/c1-21(22)12-6-5-9-18(21)20(27)24-17-10-13-25(14-11-17)15-19(26)23-16-7-3-2-4-8-16;;/h2-4,7-8,17-18H,5-6,9-15,22H2,1H3,(H,23,26)(H,24,27);2*1H. The minimum Gasteiger partial charge on any atom is -0.353 e. The average Bonchev–Trinajstić information content (AvgIpc) is 2.63. The Bertz CT molecular complexity index is 649. The van der Waals surface area contributed by atoms with Crippen molar-refractivity contribution < 1.29 is 9.59 Å². The van der Waals surface area contributed by atoms with E-state index in [0.717, 1.165) is 57.3 Å². The maximum absolute atomic E-state index is 12.7. The van der Waals surface area contributed by atoms with Gasteiger partial charge in [0, 0.05) is 30.4 Å². The first kappa shape index (κ1) is 25.7. The van der Waals surface area contributed by atoms with Crippen LogP contribution in [0.3, 0.4) is 0 Å². The van der Waals surface area contributed by atoms with Gasteiger partial charge in [0.15, 0.2) is 0 Å². The van der Waals surface area contributed by atoms with Crippen LogP contribution in [0, 0.1) is 5.92 Å². The third-order valence-electron chi connectivity index (χ3n) is 5.93. The first-order valence-electron chi connectivity index (χ1n) is 10.1. The van der Waals surface area contributed by atoms with E-state index in [4.69, 9.17) is 5.73 Å². The van der Waals surface area contributed by atoms with Crippen molar-refractivity contribution in [1.82, 2.24) is 10.2 Å². The second kappa shape index (κ2) is 11.7. The number of para-hydroxylation sites is 1. The van der Waals surface area contributed by atoms with Gasteiger partial charge in [0.25, 0.3) is 0 Å². The Morgan fingerprint density at radius 3 is 2.38 bits per heavy atom. The van der Waals surface area contributed by atoms with E-state index >= 15 is 0 Å². The number of nitrogens with two attached hydrogens (primary N) is 1. The number of halogens is 2. The fourth-order valence-corrected chi connectivity index (χ4v) is 4.25. The summed E-state index contributed by atoms with van der Waals surface area (Å²) >= 11 is 0. The summed E-state index contributed by atoms with van der Waals surface area (Å²) < 4.78 is 0. The third-order valence-corrected chi connectivity index (χ3v) is 5.93. The summed E-state index contributed by atoms with van der Waals surface area (Å²) in [5.74, 6) is 0.0330. The molecule has 0 bridgehead atoms. The number of amides is 2. The Labute approximate surface area is 186 Å². The number of anilines is 1. The van der Waals surface area contributed by atoms with Gasteiger partial charge in [-0.05, 0) is 44.7 Å². The predicted molar refractivity (Wildman–Crippen MR) is 122 cm³/mol. The van der Waals surface area contributed by atoms with E-state index in [9.17, 15) is 9.59 Å². The maximum atomic E-state index is 12.7. The lowest BCUT2D eigenvalue weighted by Crippen LogP contribution is -2.55. The highest BCUT2D eigenvalue weighted by Gasteiger charge is 2.38. The molecule has 0 spiro atoms. The zero-order valence-corrected chi connectivity index (χ0v) is 18.7. The van der Waals surface area contributed by atoms with Crippen LogP contribution < -0.4 is 16.4 Å². The Hall–Kier alpha value is -1.34. The van der Waals surface area contributed by atoms with Gasteiger partial charge in [0.05, 0.1) is 12.5 Å². The number of hydrogen-bond acceptors (Lipinski definition) is 4. The summed E-state index contributed by atoms with van der Waals surface area (Å²) in [5, 5.41) is 6.13. The molecule has 6 nitrogen and oxygen atoms in total.